The standard InChI is InChI=1S/C17H24N4O2/c18-16(22)12-20-8-6-15(7-9-20)19-17(23)21-10-5-13-3-1-2-4-14(13)11-21/h1-4,15H,5-12H2,(H2,18,22)(H,19,23). The van der Waals surface area contributed by atoms with Crippen molar-refractivity contribution in [3.05, 3.63) is 35.4 Å². The van der Waals surface area contributed by atoms with Crippen molar-refractivity contribution in [3.63, 3.8) is 0 Å². The fourth-order valence-corrected chi connectivity index (χ4v) is 3.39. The summed E-state index contributed by atoms with van der Waals surface area (Å²) in [5.74, 6) is -0.292. The van der Waals surface area contributed by atoms with E-state index in [1.807, 2.05) is 15.9 Å². The predicted molar refractivity (Wildman–Crippen MR) is 87.7 cm³/mol. The van der Waals surface area contributed by atoms with E-state index in [1.165, 1.54) is 11.1 Å². The van der Waals surface area contributed by atoms with E-state index in [4.69, 9.17) is 5.73 Å². The third kappa shape index (κ3) is 4.01. The minimum absolute atomic E-state index is 0.0212. The zero-order valence-electron chi connectivity index (χ0n) is 13.3. The first-order valence-corrected chi connectivity index (χ1v) is 8.24. The number of benzene rings is 1. The smallest absolute Gasteiger partial charge is 0.317 e. The van der Waals surface area contributed by atoms with Crippen molar-refractivity contribution >= 4 is 11.9 Å². The van der Waals surface area contributed by atoms with E-state index in [1.54, 1.807) is 0 Å². The number of nitrogens with zero attached hydrogens (tertiary/aromatic N) is 2. The Hall–Kier alpha value is -2.08. The van der Waals surface area contributed by atoms with E-state index in [9.17, 15) is 9.59 Å². The lowest BCUT2D eigenvalue weighted by molar-refractivity contribution is -0.119. The second kappa shape index (κ2) is 7.00. The summed E-state index contributed by atoms with van der Waals surface area (Å²) in [7, 11) is 0. The molecule has 0 bridgehead atoms. The lowest BCUT2D eigenvalue weighted by Crippen LogP contribution is -2.51. The molecule has 0 saturated carbocycles. The number of hydrogen-bond acceptors (Lipinski definition) is 3. The van der Waals surface area contributed by atoms with Gasteiger partial charge < -0.3 is 16.0 Å². The number of carbonyl (C=O) groups excluding carboxylic acids is 2. The van der Waals surface area contributed by atoms with Gasteiger partial charge in [-0.1, -0.05) is 24.3 Å². The topological polar surface area (TPSA) is 78.7 Å². The van der Waals surface area contributed by atoms with Gasteiger partial charge in [0.15, 0.2) is 0 Å². The summed E-state index contributed by atoms with van der Waals surface area (Å²) < 4.78 is 0. The van der Waals surface area contributed by atoms with Crippen LogP contribution >= 0.6 is 0 Å². The number of likely N-dealkylation sites (tertiary alicyclic amines) is 1. The molecular formula is C17H24N4O2. The Labute approximate surface area is 136 Å². The Balaban J connectivity index is 1.48. The number of carbonyl (C=O) groups is 2. The van der Waals surface area contributed by atoms with Gasteiger partial charge in [0, 0.05) is 32.2 Å². The highest BCUT2D eigenvalue weighted by Crippen LogP contribution is 2.19. The number of nitrogens with one attached hydrogen (secondary N) is 1. The van der Waals surface area contributed by atoms with Gasteiger partial charge in [-0.2, -0.15) is 0 Å². The molecule has 2 heterocycles. The van der Waals surface area contributed by atoms with Crippen LogP contribution in [0, 0.1) is 0 Å². The van der Waals surface area contributed by atoms with Crippen molar-refractivity contribution in [2.45, 2.75) is 31.8 Å². The highest BCUT2D eigenvalue weighted by Gasteiger charge is 2.25. The van der Waals surface area contributed by atoms with Gasteiger partial charge in [-0.3, -0.25) is 9.69 Å². The first-order valence-electron chi connectivity index (χ1n) is 8.24. The molecule has 3 amide bonds. The Morgan fingerprint density at radius 3 is 2.52 bits per heavy atom. The molecule has 6 nitrogen and oxygen atoms in total. The molecule has 1 fully saturated rings. The largest absolute Gasteiger partial charge is 0.369 e. The summed E-state index contributed by atoms with van der Waals surface area (Å²) in [6, 6.07) is 8.51. The number of nitrogens with two attached hydrogens (primary N) is 1. The van der Waals surface area contributed by atoms with Crippen molar-refractivity contribution in [3.8, 4) is 0 Å². The Bertz CT molecular complexity index is 582. The van der Waals surface area contributed by atoms with Crippen LogP contribution < -0.4 is 11.1 Å². The Kier molecular flexibility index (Phi) is 4.81. The van der Waals surface area contributed by atoms with Crippen LogP contribution in [0.3, 0.4) is 0 Å². The molecule has 124 valence electrons. The van der Waals surface area contributed by atoms with Gasteiger partial charge in [-0.05, 0) is 30.4 Å². The summed E-state index contributed by atoms with van der Waals surface area (Å²) in [5, 5.41) is 3.14. The highest BCUT2D eigenvalue weighted by molar-refractivity contribution is 5.76. The minimum atomic E-state index is -0.292. The van der Waals surface area contributed by atoms with Gasteiger partial charge >= 0.3 is 6.03 Å². The van der Waals surface area contributed by atoms with Crippen molar-refractivity contribution in [1.82, 2.24) is 15.1 Å². The first kappa shape index (κ1) is 15.8. The van der Waals surface area contributed by atoms with Crippen LogP contribution in [0.4, 0.5) is 4.79 Å². The number of piperidine rings is 1. The maximum absolute atomic E-state index is 12.5. The molecule has 23 heavy (non-hydrogen) atoms. The minimum Gasteiger partial charge on any atom is -0.369 e. The normalized spacial score (nSPS) is 19.2. The molecule has 0 unspecified atom stereocenters. The van der Waals surface area contributed by atoms with Crippen molar-refractivity contribution in [2.24, 2.45) is 5.73 Å². The molecule has 0 aliphatic carbocycles. The van der Waals surface area contributed by atoms with Crippen LogP contribution in [0.15, 0.2) is 24.3 Å². The summed E-state index contributed by atoms with van der Waals surface area (Å²) in [5.41, 5.74) is 7.80. The molecule has 0 radical (unpaired) electrons. The Morgan fingerprint density at radius 2 is 1.83 bits per heavy atom. The maximum atomic E-state index is 12.5. The average molecular weight is 316 g/mol. The van der Waals surface area contributed by atoms with Crippen LogP contribution in [0.1, 0.15) is 24.0 Å². The van der Waals surface area contributed by atoms with Gasteiger partial charge in [0.1, 0.15) is 0 Å². The molecule has 0 aromatic heterocycles. The number of fused-ring (bicyclic) bond motifs is 1. The number of primary amides is 1. The second-order valence-corrected chi connectivity index (χ2v) is 6.41. The molecule has 2 aliphatic rings. The molecule has 3 N–H and O–H groups in total. The van der Waals surface area contributed by atoms with Crippen LogP contribution in [-0.2, 0) is 17.8 Å². The lowest BCUT2D eigenvalue weighted by Gasteiger charge is -2.34. The molecule has 0 atom stereocenters. The van der Waals surface area contributed by atoms with E-state index < -0.39 is 0 Å². The molecule has 6 heteroatoms. The fourth-order valence-electron chi connectivity index (χ4n) is 3.39. The summed E-state index contributed by atoms with van der Waals surface area (Å²) in [6.45, 7) is 3.36. The van der Waals surface area contributed by atoms with Gasteiger partial charge in [0.25, 0.3) is 0 Å². The molecule has 0 spiro atoms. The van der Waals surface area contributed by atoms with Crippen molar-refractivity contribution in [2.75, 3.05) is 26.2 Å². The predicted octanol–water partition coefficient (Wildman–Crippen LogP) is 0.704. The molecule has 1 aromatic rings. The molecule has 3 rings (SSSR count). The van der Waals surface area contributed by atoms with Gasteiger partial charge in [-0.15, -0.1) is 0 Å². The van der Waals surface area contributed by atoms with E-state index in [0.717, 1.165) is 38.9 Å². The molecule has 1 aromatic carbocycles. The third-order valence-electron chi connectivity index (χ3n) is 4.71. The van der Waals surface area contributed by atoms with Crippen LogP contribution in [0.2, 0.25) is 0 Å². The van der Waals surface area contributed by atoms with Gasteiger partial charge in [0.05, 0.1) is 6.54 Å². The summed E-state index contributed by atoms with van der Waals surface area (Å²) >= 11 is 0. The van der Waals surface area contributed by atoms with E-state index >= 15 is 0 Å². The van der Waals surface area contributed by atoms with E-state index in [0.29, 0.717) is 13.1 Å². The monoisotopic (exact) mass is 316 g/mol. The third-order valence-corrected chi connectivity index (χ3v) is 4.71. The fraction of sp³-hybridized carbons (Fsp3) is 0.529. The summed E-state index contributed by atoms with van der Waals surface area (Å²) in [6.07, 6.45) is 2.65. The second-order valence-electron chi connectivity index (χ2n) is 6.41. The molecule has 1 saturated heterocycles. The quantitative estimate of drug-likeness (QED) is 0.862. The van der Waals surface area contributed by atoms with Crippen molar-refractivity contribution < 1.29 is 9.59 Å². The summed E-state index contributed by atoms with van der Waals surface area (Å²) in [4.78, 5) is 27.3. The number of amides is 3. The number of rotatable bonds is 3. The van der Waals surface area contributed by atoms with E-state index in [2.05, 4.69) is 23.5 Å². The average Bonchev–Trinajstić information content (AvgIpc) is 2.55. The highest BCUT2D eigenvalue weighted by atomic mass is 16.2. The van der Waals surface area contributed by atoms with Gasteiger partial charge in [-0.25, -0.2) is 4.79 Å². The molecule has 2 aliphatic heterocycles. The first-order chi connectivity index (χ1) is 11.1. The lowest BCUT2D eigenvalue weighted by atomic mass is 10.00. The Morgan fingerprint density at radius 1 is 1.13 bits per heavy atom. The molecular weight excluding hydrogens is 292 g/mol. The SMILES string of the molecule is NC(=O)CN1CCC(NC(=O)N2CCc3ccccc3C2)CC1. The van der Waals surface area contributed by atoms with Crippen LogP contribution in [0.25, 0.3) is 0 Å². The van der Waals surface area contributed by atoms with Crippen molar-refractivity contribution in [1.29, 1.82) is 0 Å². The zero-order valence-corrected chi connectivity index (χ0v) is 13.3. The number of hydrogen-bond donors (Lipinski definition) is 2. The van der Waals surface area contributed by atoms with E-state index in [-0.39, 0.29) is 18.0 Å². The maximum Gasteiger partial charge on any atom is 0.317 e. The van der Waals surface area contributed by atoms with Crippen LogP contribution in [-0.4, -0.2) is 54.0 Å². The van der Waals surface area contributed by atoms with Crippen LogP contribution in [0.5, 0.6) is 0 Å². The zero-order chi connectivity index (χ0) is 16.2. The van der Waals surface area contributed by atoms with Gasteiger partial charge in [0.2, 0.25) is 5.91 Å². The number of urea groups is 1.